The molecule has 2 heterocycles. The average Bonchev–Trinajstić information content (AvgIpc) is 3.04. The highest BCUT2D eigenvalue weighted by atomic mass is 35.5. The Hall–Kier alpha value is -5.01. The van der Waals surface area contributed by atoms with Crippen LogP contribution in [0.4, 0.5) is 22.7 Å². The van der Waals surface area contributed by atoms with E-state index in [9.17, 15) is 45.5 Å². The van der Waals surface area contributed by atoms with E-state index in [1.54, 1.807) is 18.2 Å². The predicted molar refractivity (Wildman–Crippen MR) is 172 cm³/mol. The van der Waals surface area contributed by atoms with Crippen molar-refractivity contribution in [2.45, 2.75) is 9.79 Å². The minimum absolute atomic E-state index is 0.0802. The molecule has 0 bridgehead atoms. The molecule has 1 aromatic heterocycles. The van der Waals surface area contributed by atoms with Crippen molar-refractivity contribution >= 4 is 77.6 Å². The lowest BCUT2D eigenvalue weighted by Gasteiger charge is -2.41. The number of ketones is 2. The van der Waals surface area contributed by atoms with Crippen molar-refractivity contribution in [3.05, 3.63) is 112 Å². The van der Waals surface area contributed by atoms with Crippen LogP contribution in [0.3, 0.4) is 0 Å². The first-order chi connectivity index (χ1) is 22.6. The minimum atomic E-state index is -5.22. The third-order valence-corrected chi connectivity index (χ3v) is 9.73. The number of hydrogen-bond acceptors (Lipinski definition) is 11. The fourth-order valence-electron chi connectivity index (χ4n) is 5.65. The lowest BCUT2D eigenvalue weighted by atomic mass is 9.77. The maximum Gasteiger partial charge on any atom is 0.296 e. The Morgan fingerprint density at radius 1 is 0.896 bits per heavy atom. The number of anilines is 4. The van der Waals surface area contributed by atoms with E-state index >= 15 is 0 Å². The summed E-state index contributed by atoms with van der Waals surface area (Å²) in [6.45, 7) is 0. The molecule has 18 heteroatoms. The van der Waals surface area contributed by atoms with Crippen LogP contribution in [0.5, 0.6) is 0 Å². The fraction of sp³-hybridized carbons (Fsp3) is 0.0667. The van der Waals surface area contributed by atoms with Gasteiger partial charge in [-0.3, -0.25) is 28.5 Å². The largest absolute Gasteiger partial charge is 0.602 e. The number of allylic oxidation sites excluding steroid dienone is 1. The van der Waals surface area contributed by atoms with E-state index in [1.165, 1.54) is 54.8 Å². The molecule has 1 amide bonds. The van der Waals surface area contributed by atoms with Crippen LogP contribution in [-0.2, 0) is 25.0 Å². The zero-order valence-electron chi connectivity index (χ0n) is 24.4. The molecule has 0 saturated heterocycles. The number of halogens is 1. The first-order valence-electron chi connectivity index (χ1n) is 13.7. The van der Waals surface area contributed by atoms with Gasteiger partial charge < -0.3 is 15.8 Å². The third-order valence-electron chi connectivity index (χ3n) is 7.70. The Morgan fingerprint density at radius 2 is 1.52 bits per heavy atom. The number of nitrogens with zero attached hydrogens (tertiary/aromatic N) is 2. The SMILES string of the molecule is CN1c2ccc(Nc3cc(NC(=O)CCl)c(S(=O)(=O)O)cc3S(=O)(=O)O)c3c2C(=C(C(=O)c2ccncc2)[NH+]1[O-])c1ccccc1C3=O. The average molecular weight is 712 g/mol. The molecule has 1 aliphatic carbocycles. The lowest BCUT2D eigenvalue weighted by Crippen LogP contribution is -3.14. The molecule has 1 unspecified atom stereocenters. The Bertz CT molecular complexity index is 2330. The number of benzene rings is 3. The molecule has 5 N–H and O–H groups in total. The zero-order valence-corrected chi connectivity index (χ0v) is 26.8. The monoisotopic (exact) mass is 711 g/mol. The molecule has 0 radical (unpaired) electrons. The molecule has 15 nitrogen and oxygen atoms in total. The standard InChI is InChI=1S/C30H22ClN5O10S2/c1-35-21-7-6-18(33-19-12-20(34-24(37)14-31)23(48(44,45)46)13-22(19)47(41,42)43)26-27(21)25(16-4-2-3-5-17(16)30(26)39)28(36(35)40)29(38)15-8-10-32-11-9-15/h2-13,33,36H,14H2,1H3,(H,34,37)(H,41,42,43)(H,44,45,46). The molecule has 0 fully saturated rings. The second-order valence-electron chi connectivity index (χ2n) is 10.5. The topological polar surface area (TPSA) is 228 Å². The predicted octanol–water partition coefficient (Wildman–Crippen LogP) is 2.43. The highest BCUT2D eigenvalue weighted by Gasteiger charge is 2.43. The van der Waals surface area contributed by atoms with Gasteiger partial charge in [0.25, 0.3) is 20.2 Å². The number of carbonyl (C=O) groups is 3. The molecular formula is C30H22ClN5O10S2. The van der Waals surface area contributed by atoms with Gasteiger partial charge in [0.05, 0.1) is 40.9 Å². The Labute approximate surface area is 277 Å². The summed E-state index contributed by atoms with van der Waals surface area (Å²) in [7, 11) is -8.97. The van der Waals surface area contributed by atoms with Crippen molar-refractivity contribution in [2.75, 3.05) is 28.6 Å². The van der Waals surface area contributed by atoms with E-state index in [4.69, 9.17) is 11.6 Å². The summed E-state index contributed by atoms with van der Waals surface area (Å²) in [5, 5.41) is 19.3. The fourth-order valence-corrected chi connectivity index (χ4v) is 7.10. The van der Waals surface area contributed by atoms with Crippen LogP contribution in [0.25, 0.3) is 5.57 Å². The number of rotatable bonds is 8. The van der Waals surface area contributed by atoms with Crippen LogP contribution in [0, 0.1) is 5.21 Å². The number of quaternary nitrogens is 1. The van der Waals surface area contributed by atoms with E-state index < -0.39 is 69.9 Å². The molecule has 6 rings (SSSR count). The van der Waals surface area contributed by atoms with E-state index in [0.29, 0.717) is 11.6 Å². The van der Waals surface area contributed by atoms with Crippen molar-refractivity contribution in [2.24, 2.45) is 0 Å². The summed E-state index contributed by atoms with van der Waals surface area (Å²) >= 11 is 5.55. The third kappa shape index (κ3) is 5.52. The van der Waals surface area contributed by atoms with Crippen molar-refractivity contribution in [1.29, 1.82) is 0 Å². The number of alkyl halides is 1. The van der Waals surface area contributed by atoms with Gasteiger partial charge in [-0.1, -0.05) is 24.3 Å². The number of aromatic nitrogens is 1. The minimum Gasteiger partial charge on any atom is -0.602 e. The number of nitrogens with one attached hydrogen (secondary N) is 3. The second-order valence-corrected chi connectivity index (χ2v) is 13.6. The van der Waals surface area contributed by atoms with Crippen molar-refractivity contribution in [1.82, 2.24) is 4.98 Å². The number of pyridine rings is 1. The summed E-state index contributed by atoms with van der Waals surface area (Å²) in [6.07, 6.45) is 2.78. The van der Waals surface area contributed by atoms with Crippen LogP contribution in [0.1, 0.15) is 37.4 Å². The molecule has 4 aromatic rings. The number of Topliss-reactive ketones (excluding diaryl/α,β-unsaturated/α-hetero) is 1. The van der Waals surface area contributed by atoms with Gasteiger partial charge in [-0.15, -0.1) is 11.6 Å². The Kier molecular flexibility index (Phi) is 8.16. The second kappa shape index (κ2) is 11.9. The molecule has 3 aromatic carbocycles. The van der Waals surface area contributed by atoms with Crippen LogP contribution in [0.2, 0.25) is 0 Å². The molecule has 2 aliphatic rings. The van der Waals surface area contributed by atoms with Gasteiger partial charge >= 0.3 is 0 Å². The van der Waals surface area contributed by atoms with Crippen LogP contribution in [0.15, 0.2) is 88.5 Å². The molecule has 0 saturated carbocycles. The summed E-state index contributed by atoms with van der Waals surface area (Å²) in [4.78, 5) is 42.0. The summed E-state index contributed by atoms with van der Waals surface area (Å²) in [6, 6.07) is 13.2. The Balaban J connectivity index is 1.64. The van der Waals surface area contributed by atoms with E-state index in [0.717, 1.165) is 6.07 Å². The molecule has 0 spiro atoms. The number of hydroxylamine groups is 1. The summed E-state index contributed by atoms with van der Waals surface area (Å²) < 4.78 is 69.1. The van der Waals surface area contributed by atoms with E-state index in [2.05, 4.69) is 15.6 Å². The van der Waals surface area contributed by atoms with Gasteiger partial charge in [-0.25, -0.2) is 10.2 Å². The zero-order chi connectivity index (χ0) is 34.7. The van der Waals surface area contributed by atoms with Crippen molar-refractivity contribution < 1.29 is 45.5 Å². The first kappa shape index (κ1) is 32.9. The van der Waals surface area contributed by atoms with E-state index in [1.807, 2.05) is 0 Å². The summed E-state index contributed by atoms with van der Waals surface area (Å²) in [5.41, 5.74) is -0.389. The number of amides is 1. The van der Waals surface area contributed by atoms with Crippen molar-refractivity contribution in [3.8, 4) is 0 Å². The number of hydrogen-bond donors (Lipinski definition) is 5. The van der Waals surface area contributed by atoms with Gasteiger partial charge in [0.2, 0.25) is 17.4 Å². The number of fused-ring (bicyclic) bond motifs is 2. The first-order valence-corrected chi connectivity index (χ1v) is 17.1. The quantitative estimate of drug-likeness (QED) is 0.0675. The molecule has 1 atom stereocenters. The summed E-state index contributed by atoms with van der Waals surface area (Å²) in [5.74, 6) is -2.78. The van der Waals surface area contributed by atoms with Gasteiger partial charge in [0, 0.05) is 29.1 Å². The lowest BCUT2D eigenvalue weighted by molar-refractivity contribution is -0.809. The molecular weight excluding hydrogens is 690 g/mol. The molecule has 1 aliphatic heterocycles. The number of carbonyl (C=O) groups excluding carboxylic acids is 3. The van der Waals surface area contributed by atoms with Gasteiger partial charge in [0.15, 0.2) is 5.78 Å². The molecule has 246 valence electrons. The van der Waals surface area contributed by atoms with Crippen LogP contribution >= 0.6 is 11.6 Å². The van der Waals surface area contributed by atoms with Gasteiger partial charge in [0.1, 0.15) is 15.7 Å². The molecule has 48 heavy (non-hydrogen) atoms. The van der Waals surface area contributed by atoms with E-state index in [-0.39, 0.29) is 44.9 Å². The van der Waals surface area contributed by atoms with Gasteiger partial charge in [-0.05, 0) is 42.0 Å². The van der Waals surface area contributed by atoms with Crippen LogP contribution in [-0.4, -0.2) is 61.3 Å². The maximum atomic E-state index is 14.2. The smallest absolute Gasteiger partial charge is 0.296 e. The maximum absolute atomic E-state index is 14.2. The Morgan fingerprint density at radius 3 is 2.15 bits per heavy atom. The highest BCUT2D eigenvalue weighted by Crippen LogP contribution is 2.47. The normalized spacial score (nSPS) is 15.5. The van der Waals surface area contributed by atoms with Crippen LogP contribution < -0.4 is 20.8 Å². The van der Waals surface area contributed by atoms with Gasteiger partial charge in [-0.2, -0.15) is 16.8 Å². The highest BCUT2D eigenvalue weighted by molar-refractivity contribution is 7.86. The van der Waals surface area contributed by atoms with Crippen molar-refractivity contribution in [3.63, 3.8) is 0 Å².